The van der Waals surface area contributed by atoms with E-state index in [1.54, 1.807) is 12.1 Å². The fraction of sp³-hybridized carbons (Fsp3) is 0.441. The number of likely N-dealkylation sites (tertiary alicyclic amines) is 1. The van der Waals surface area contributed by atoms with Gasteiger partial charge in [-0.1, -0.05) is 18.2 Å². The third kappa shape index (κ3) is 6.74. The Bertz CT molecular complexity index is 1380. The van der Waals surface area contributed by atoms with Crippen LogP contribution in [-0.2, 0) is 19.1 Å². The quantitative estimate of drug-likeness (QED) is 0.334. The predicted octanol–water partition coefficient (Wildman–Crippen LogP) is 6.87. The zero-order valence-electron chi connectivity index (χ0n) is 23.7. The Hall–Kier alpha value is -3.54. The van der Waals surface area contributed by atoms with Crippen molar-refractivity contribution in [1.29, 1.82) is 5.26 Å². The summed E-state index contributed by atoms with van der Waals surface area (Å²) in [5, 5.41) is 12.9. The highest BCUT2D eigenvalue weighted by Gasteiger charge is 2.31. The molecule has 3 aliphatic rings. The third-order valence-corrected chi connectivity index (χ3v) is 9.01. The molecule has 0 saturated carbocycles. The maximum absolute atomic E-state index is 12.9. The van der Waals surface area contributed by atoms with E-state index in [1.165, 1.54) is 16.7 Å². The summed E-state index contributed by atoms with van der Waals surface area (Å²) >= 11 is 0. The van der Waals surface area contributed by atoms with E-state index in [0.717, 1.165) is 94.8 Å². The van der Waals surface area contributed by atoms with Crippen molar-refractivity contribution in [3.05, 3.63) is 94.5 Å². The van der Waals surface area contributed by atoms with Gasteiger partial charge in [-0.15, -0.1) is 0 Å². The number of alkyl halides is 3. The lowest BCUT2D eigenvalue weighted by Crippen LogP contribution is -2.43. The molecule has 8 heteroatoms. The number of hydrogen-bond donors (Lipinski definition) is 1. The second kappa shape index (κ2) is 12.4. The normalized spacial score (nSPS) is 20.3. The number of ether oxygens (including phenoxy) is 1. The molecule has 0 spiro atoms. The molecule has 3 aromatic carbocycles. The van der Waals surface area contributed by atoms with Crippen molar-refractivity contribution in [2.45, 2.75) is 69.4 Å². The number of hydrogen-bond acceptors (Lipinski definition) is 5. The maximum Gasteiger partial charge on any atom is 0.416 e. The minimum absolute atomic E-state index is 0.110. The van der Waals surface area contributed by atoms with Crippen LogP contribution in [0.1, 0.15) is 66.0 Å². The number of halogens is 3. The number of benzene rings is 3. The average molecular weight is 575 g/mol. The Morgan fingerprint density at radius 2 is 1.57 bits per heavy atom. The van der Waals surface area contributed by atoms with Crippen LogP contribution >= 0.6 is 0 Å². The van der Waals surface area contributed by atoms with Crippen LogP contribution < -0.4 is 15.0 Å². The van der Waals surface area contributed by atoms with Crippen molar-refractivity contribution in [2.24, 2.45) is 0 Å². The molecule has 6 rings (SSSR count). The number of anilines is 1. The van der Waals surface area contributed by atoms with E-state index in [1.807, 2.05) is 12.1 Å². The lowest BCUT2D eigenvalue weighted by molar-refractivity contribution is -0.137. The monoisotopic (exact) mass is 574 g/mol. The number of piperidine rings is 2. The van der Waals surface area contributed by atoms with Gasteiger partial charge in [0.1, 0.15) is 11.9 Å². The fourth-order valence-electron chi connectivity index (χ4n) is 6.61. The lowest BCUT2D eigenvalue weighted by Gasteiger charge is -2.34. The summed E-state index contributed by atoms with van der Waals surface area (Å²) in [4.78, 5) is 4.64. The summed E-state index contributed by atoms with van der Waals surface area (Å²) in [7, 11) is 0. The smallest absolute Gasteiger partial charge is 0.416 e. The molecule has 0 radical (unpaired) electrons. The zero-order valence-corrected chi connectivity index (χ0v) is 23.7. The summed E-state index contributed by atoms with van der Waals surface area (Å²) < 4.78 is 45.0. The first kappa shape index (κ1) is 28.6. The zero-order chi connectivity index (χ0) is 29.1. The lowest BCUT2D eigenvalue weighted by atomic mass is 10.0. The number of nitriles is 1. The summed E-state index contributed by atoms with van der Waals surface area (Å²) in [5.41, 5.74) is 4.93. The van der Waals surface area contributed by atoms with Crippen LogP contribution in [0.2, 0.25) is 0 Å². The third-order valence-electron chi connectivity index (χ3n) is 9.01. The molecule has 0 amide bonds. The second-order valence-electron chi connectivity index (χ2n) is 11.8. The molecule has 3 aromatic rings. The molecule has 2 aliphatic heterocycles. The van der Waals surface area contributed by atoms with Gasteiger partial charge in [0.15, 0.2) is 0 Å². The number of rotatable bonds is 7. The van der Waals surface area contributed by atoms with Gasteiger partial charge >= 0.3 is 6.18 Å². The van der Waals surface area contributed by atoms with Gasteiger partial charge in [0.25, 0.3) is 0 Å². The Kier molecular flexibility index (Phi) is 8.41. The molecule has 1 N–H and O–H groups in total. The van der Waals surface area contributed by atoms with Crippen LogP contribution in [-0.4, -0.2) is 43.2 Å². The van der Waals surface area contributed by atoms with Crippen LogP contribution in [0.15, 0.2) is 66.7 Å². The van der Waals surface area contributed by atoms with Gasteiger partial charge in [-0.2, -0.15) is 18.4 Å². The molecule has 1 atom stereocenters. The van der Waals surface area contributed by atoms with Crippen LogP contribution in [0.25, 0.3) is 0 Å². The largest absolute Gasteiger partial charge is 0.490 e. The molecule has 5 nitrogen and oxygen atoms in total. The van der Waals surface area contributed by atoms with E-state index in [-0.39, 0.29) is 6.10 Å². The van der Waals surface area contributed by atoms with Crippen LogP contribution in [0, 0.1) is 11.3 Å². The Morgan fingerprint density at radius 1 is 0.857 bits per heavy atom. The van der Waals surface area contributed by atoms with E-state index < -0.39 is 11.7 Å². The van der Waals surface area contributed by atoms with Crippen molar-refractivity contribution in [2.75, 3.05) is 31.1 Å². The van der Waals surface area contributed by atoms with Crippen LogP contribution in [0.3, 0.4) is 0 Å². The standard InChI is InChI=1S/C34H37F3N4O/c35-34(36,37)27-6-8-29(9-7-27)41-19-15-30(16-20-41)42-31-10-11-32-26(21-31)5-12-33(32)39-28-13-17-40(18-14-28)23-25-3-1-24(22-38)2-4-25/h1-4,6-11,21,28,30,33,39H,5,12-20,23H2. The first-order valence-electron chi connectivity index (χ1n) is 15.0. The highest BCUT2D eigenvalue weighted by atomic mass is 19.4. The van der Waals surface area contributed by atoms with E-state index >= 15 is 0 Å². The predicted molar refractivity (Wildman–Crippen MR) is 157 cm³/mol. The molecule has 1 aliphatic carbocycles. The van der Waals surface area contributed by atoms with Gasteiger partial charge in [-0.05, 0) is 104 Å². The molecule has 42 heavy (non-hydrogen) atoms. The van der Waals surface area contributed by atoms with E-state index in [9.17, 15) is 13.2 Å². The molecule has 220 valence electrons. The highest BCUT2D eigenvalue weighted by molar-refractivity contribution is 5.48. The topological polar surface area (TPSA) is 51.5 Å². The Labute approximate surface area is 245 Å². The van der Waals surface area contributed by atoms with Gasteiger partial charge in [-0.25, -0.2) is 0 Å². The van der Waals surface area contributed by atoms with Crippen LogP contribution in [0.5, 0.6) is 5.75 Å². The number of aryl methyl sites for hydroxylation is 1. The SMILES string of the molecule is N#Cc1ccc(CN2CCC(NC3CCc4cc(OC5CCN(c6ccc(C(F)(F)F)cc6)CC5)ccc43)CC2)cc1. The summed E-state index contributed by atoms with van der Waals surface area (Å²) in [6.45, 7) is 4.60. The molecule has 2 heterocycles. The van der Waals surface area contributed by atoms with E-state index in [0.29, 0.717) is 17.6 Å². The number of nitrogens with one attached hydrogen (secondary N) is 1. The van der Waals surface area contributed by atoms with E-state index in [4.69, 9.17) is 10.00 Å². The molecule has 2 fully saturated rings. The molecule has 0 aromatic heterocycles. The van der Waals surface area contributed by atoms with Gasteiger partial charge < -0.3 is 15.0 Å². The fourth-order valence-corrected chi connectivity index (χ4v) is 6.61. The maximum atomic E-state index is 12.9. The van der Waals surface area contributed by atoms with Crippen molar-refractivity contribution < 1.29 is 17.9 Å². The summed E-state index contributed by atoms with van der Waals surface area (Å²) in [5.74, 6) is 0.915. The van der Waals surface area contributed by atoms with Crippen molar-refractivity contribution >= 4 is 5.69 Å². The minimum atomic E-state index is -4.31. The molecular weight excluding hydrogens is 537 g/mol. The van der Waals surface area contributed by atoms with Crippen LogP contribution in [0.4, 0.5) is 18.9 Å². The number of fused-ring (bicyclic) bond motifs is 1. The Morgan fingerprint density at radius 3 is 2.24 bits per heavy atom. The van der Waals surface area contributed by atoms with Gasteiger partial charge in [-0.3, -0.25) is 4.90 Å². The molecular formula is C34H37F3N4O. The highest BCUT2D eigenvalue weighted by Crippen LogP contribution is 2.36. The van der Waals surface area contributed by atoms with Crippen molar-refractivity contribution in [1.82, 2.24) is 10.2 Å². The minimum Gasteiger partial charge on any atom is -0.490 e. The summed E-state index contributed by atoms with van der Waals surface area (Å²) in [6, 6.07) is 23.0. The number of nitrogens with zero attached hydrogens (tertiary/aromatic N) is 3. The van der Waals surface area contributed by atoms with Gasteiger partial charge in [0.05, 0.1) is 17.2 Å². The van der Waals surface area contributed by atoms with Crippen molar-refractivity contribution in [3.63, 3.8) is 0 Å². The van der Waals surface area contributed by atoms with E-state index in [2.05, 4.69) is 51.5 Å². The molecule has 2 saturated heterocycles. The van der Waals surface area contributed by atoms with Gasteiger partial charge in [0, 0.05) is 50.2 Å². The van der Waals surface area contributed by atoms with Crippen molar-refractivity contribution in [3.8, 4) is 11.8 Å². The second-order valence-corrected chi connectivity index (χ2v) is 11.8. The first-order chi connectivity index (χ1) is 20.3. The molecule has 0 bridgehead atoms. The average Bonchev–Trinajstić information content (AvgIpc) is 3.40. The van der Waals surface area contributed by atoms with Gasteiger partial charge in [0.2, 0.25) is 0 Å². The Balaban J connectivity index is 0.958. The molecule has 1 unspecified atom stereocenters. The first-order valence-corrected chi connectivity index (χ1v) is 15.0. The summed E-state index contributed by atoms with van der Waals surface area (Å²) in [6.07, 6.45) is 1.90.